The smallest absolute Gasteiger partial charge is 0.407 e. The number of rotatable bonds is 5. The molecule has 1 aromatic carbocycles. The van der Waals surface area contributed by atoms with Crippen molar-refractivity contribution in [1.82, 2.24) is 10.2 Å². The molecule has 3 atom stereocenters. The minimum Gasteiger partial charge on any atom is -0.450 e. The van der Waals surface area contributed by atoms with Crippen LogP contribution in [0.25, 0.3) is 0 Å². The zero-order valence-electron chi connectivity index (χ0n) is 19.0. The molecule has 0 unspecified atom stereocenters. The molecule has 1 N–H and O–H groups in total. The van der Waals surface area contributed by atoms with Crippen molar-refractivity contribution in [3.8, 4) is 0 Å². The number of ether oxygens (including phenoxy) is 1. The van der Waals surface area contributed by atoms with Crippen molar-refractivity contribution in [3.05, 3.63) is 35.4 Å². The molecule has 2 saturated carbocycles. The van der Waals surface area contributed by atoms with Crippen LogP contribution in [0.1, 0.15) is 70.9 Å². The van der Waals surface area contributed by atoms with Crippen LogP contribution in [-0.4, -0.2) is 42.6 Å². The zero-order valence-corrected chi connectivity index (χ0v) is 19.0. The molecule has 1 aliphatic heterocycles. The van der Waals surface area contributed by atoms with Crippen LogP contribution in [0.3, 0.4) is 0 Å². The number of likely N-dealkylation sites (tertiary alicyclic amines) is 1. The third-order valence-electron chi connectivity index (χ3n) is 7.47. The summed E-state index contributed by atoms with van der Waals surface area (Å²) in [7, 11) is 0. The van der Waals surface area contributed by atoms with Crippen molar-refractivity contribution in [2.24, 2.45) is 17.3 Å². The zero-order chi connectivity index (χ0) is 21.7. The summed E-state index contributed by atoms with van der Waals surface area (Å²) in [5.74, 6) is 1.44. The SMILES string of the molecule is CCCOC(=O)NC1CC(C(=O)N2C[C@@H]3[C@@H](c4cccc(C(C)(C)C)c4)[C@]3(C)C2)C1. The summed E-state index contributed by atoms with van der Waals surface area (Å²) in [6.45, 7) is 13.2. The van der Waals surface area contributed by atoms with Gasteiger partial charge in [-0.25, -0.2) is 4.79 Å². The first-order valence-corrected chi connectivity index (χ1v) is 11.5. The number of fused-ring (bicyclic) bond motifs is 1. The van der Waals surface area contributed by atoms with E-state index in [4.69, 9.17) is 4.74 Å². The quantitative estimate of drug-likeness (QED) is 0.777. The van der Waals surface area contributed by atoms with Crippen LogP contribution in [-0.2, 0) is 14.9 Å². The summed E-state index contributed by atoms with van der Waals surface area (Å²) < 4.78 is 5.06. The van der Waals surface area contributed by atoms with Crippen LogP contribution >= 0.6 is 0 Å². The Balaban J connectivity index is 1.29. The maximum absolute atomic E-state index is 13.0. The third kappa shape index (κ3) is 3.83. The number of alkyl carbamates (subject to hydrolysis) is 1. The van der Waals surface area contributed by atoms with Crippen molar-refractivity contribution in [2.45, 2.75) is 71.3 Å². The van der Waals surface area contributed by atoms with Crippen LogP contribution in [0.5, 0.6) is 0 Å². The fraction of sp³-hybridized carbons (Fsp3) is 0.680. The highest BCUT2D eigenvalue weighted by atomic mass is 16.5. The Bertz CT molecular complexity index is 824. The van der Waals surface area contributed by atoms with Gasteiger partial charge in [-0.05, 0) is 53.1 Å². The molecule has 164 valence electrons. The topological polar surface area (TPSA) is 58.6 Å². The number of hydrogen-bond donors (Lipinski definition) is 1. The summed E-state index contributed by atoms with van der Waals surface area (Å²) in [5.41, 5.74) is 3.17. The minimum absolute atomic E-state index is 0.0465. The number of carbonyl (C=O) groups is 2. The van der Waals surface area contributed by atoms with E-state index >= 15 is 0 Å². The number of nitrogens with zero attached hydrogens (tertiary/aromatic N) is 1. The van der Waals surface area contributed by atoms with Gasteiger partial charge < -0.3 is 15.0 Å². The third-order valence-corrected chi connectivity index (χ3v) is 7.47. The van der Waals surface area contributed by atoms with Crippen LogP contribution in [0.4, 0.5) is 4.79 Å². The summed E-state index contributed by atoms with van der Waals surface area (Å²) in [6.07, 6.45) is 1.92. The van der Waals surface area contributed by atoms with Crippen LogP contribution in [0.15, 0.2) is 24.3 Å². The summed E-state index contributed by atoms with van der Waals surface area (Å²) in [6, 6.07) is 9.11. The molecule has 2 amide bonds. The maximum Gasteiger partial charge on any atom is 0.407 e. The van der Waals surface area contributed by atoms with E-state index in [9.17, 15) is 9.59 Å². The highest BCUT2D eigenvalue weighted by Crippen LogP contribution is 2.68. The van der Waals surface area contributed by atoms with E-state index in [2.05, 4.69) is 62.2 Å². The van der Waals surface area contributed by atoms with Crippen LogP contribution < -0.4 is 5.32 Å². The molecular weight excluding hydrogens is 376 g/mol. The van der Waals surface area contributed by atoms with Crippen molar-refractivity contribution in [3.63, 3.8) is 0 Å². The molecule has 1 aromatic rings. The van der Waals surface area contributed by atoms with Crippen molar-refractivity contribution in [2.75, 3.05) is 19.7 Å². The van der Waals surface area contributed by atoms with Crippen molar-refractivity contribution in [1.29, 1.82) is 0 Å². The van der Waals surface area contributed by atoms with Gasteiger partial charge in [0.25, 0.3) is 0 Å². The predicted molar refractivity (Wildman–Crippen MR) is 117 cm³/mol. The number of hydrogen-bond acceptors (Lipinski definition) is 3. The monoisotopic (exact) mass is 412 g/mol. The van der Waals surface area contributed by atoms with E-state index in [1.54, 1.807) is 0 Å². The van der Waals surface area contributed by atoms with Gasteiger partial charge in [0, 0.05) is 25.0 Å². The fourth-order valence-corrected chi connectivity index (χ4v) is 5.48. The average Bonchev–Trinajstić information content (AvgIpc) is 3.07. The molecule has 1 saturated heterocycles. The Morgan fingerprint density at radius 3 is 2.60 bits per heavy atom. The van der Waals surface area contributed by atoms with Gasteiger partial charge in [0.15, 0.2) is 0 Å². The second-order valence-corrected chi connectivity index (χ2v) is 10.8. The second-order valence-electron chi connectivity index (χ2n) is 10.8. The van der Waals surface area contributed by atoms with Crippen LogP contribution in [0.2, 0.25) is 0 Å². The van der Waals surface area contributed by atoms with Gasteiger partial charge >= 0.3 is 6.09 Å². The first kappa shape index (κ1) is 21.2. The highest BCUT2D eigenvalue weighted by molar-refractivity contribution is 5.81. The van der Waals surface area contributed by atoms with Crippen LogP contribution in [0, 0.1) is 17.3 Å². The Hall–Kier alpha value is -2.04. The van der Waals surface area contributed by atoms with Gasteiger partial charge in [0.2, 0.25) is 5.91 Å². The van der Waals surface area contributed by atoms with Crippen molar-refractivity contribution >= 4 is 12.0 Å². The number of nitrogens with one attached hydrogen (secondary N) is 1. The summed E-state index contributed by atoms with van der Waals surface area (Å²) >= 11 is 0. The van der Waals surface area contributed by atoms with E-state index in [0.717, 1.165) is 32.4 Å². The molecule has 5 heteroatoms. The Morgan fingerprint density at radius 2 is 2.00 bits per heavy atom. The lowest BCUT2D eigenvalue weighted by Gasteiger charge is -2.37. The van der Waals surface area contributed by atoms with Gasteiger partial charge in [-0.1, -0.05) is 58.9 Å². The summed E-state index contributed by atoms with van der Waals surface area (Å²) in [5, 5.41) is 2.87. The van der Waals surface area contributed by atoms with E-state index < -0.39 is 0 Å². The molecule has 0 spiro atoms. The largest absolute Gasteiger partial charge is 0.450 e. The van der Waals surface area contributed by atoms with Gasteiger partial charge in [-0.15, -0.1) is 0 Å². The number of benzene rings is 1. The average molecular weight is 413 g/mol. The lowest BCUT2D eigenvalue weighted by molar-refractivity contribution is -0.138. The molecule has 0 radical (unpaired) electrons. The first-order chi connectivity index (χ1) is 14.1. The lowest BCUT2D eigenvalue weighted by Crippen LogP contribution is -2.50. The Morgan fingerprint density at radius 1 is 1.27 bits per heavy atom. The molecule has 30 heavy (non-hydrogen) atoms. The Kier molecular flexibility index (Phi) is 5.36. The van der Waals surface area contributed by atoms with E-state index in [0.29, 0.717) is 18.4 Å². The molecular formula is C25H36N2O3. The number of piperidine rings is 1. The molecule has 1 heterocycles. The Labute approximate surface area is 180 Å². The standard InChI is InChI=1S/C25H36N2O3/c1-6-10-30-23(29)26-19-12-17(13-19)22(28)27-14-20-21(25(20,5)15-27)16-8-7-9-18(11-16)24(2,3)4/h7-9,11,17,19-21H,6,10,12-15H2,1-5H3,(H,26,29)/t17?,19?,20-,21-,25-/m1/s1. The molecule has 5 nitrogen and oxygen atoms in total. The van der Waals surface area contributed by atoms with E-state index in [-0.39, 0.29) is 34.8 Å². The number of carbonyl (C=O) groups excluding carboxylic acids is 2. The van der Waals surface area contributed by atoms with Gasteiger partial charge in [0.1, 0.15) is 0 Å². The molecule has 0 aromatic heterocycles. The molecule has 0 bridgehead atoms. The lowest BCUT2D eigenvalue weighted by atomic mass is 9.79. The first-order valence-electron chi connectivity index (χ1n) is 11.5. The van der Waals surface area contributed by atoms with E-state index in [1.165, 1.54) is 11.1 Å². The maximum atomic E-state index is 13.0. The summed E-state index contributed by atoms with van der Waals surface area (Å²) in [4.78, 5) is 26.7. The van der Waals surface area contributed by atoms with E-state index in [1.807, 2.05) is 6.92 Å². The minimum atomic E-state index is -0.358. The molecule has 2 aliphatic carbocycles. The fourth-order valence-electron chi connectivity index (χ4n) is 5.48. The molecule has 4 rings (SSSR count). The van der Waals surface area contributed by atoms with Crippen molar-refractivity contribution < 1.29 is 14.3 Å². The number of amides is 2. The van der Waals surface area contributed by atoms with Gasteiger partial charge in [-0.2, -0.15) is 0 Å². The second kappa shape index (κ2) is 7.58. The predicted octanol–water partition coefficient (Wildman–Crippen LogP) is 4.46. The molecule has 3 aliphatic rings. The van der Waals surface area contributed by atoms with Gasteiger partial charge in [-0.3, -0.25) is 4.79 Å². The molecule has 3 fully saturated rings. The normalized spacial score (nSPS) is 32.2. The highest BCUT2D eigenvalue weighted by Gasteiger charge is 2.67. The van der Waals surface area contributed by atoms with Gasteiger partial charge in [0.05, 0.1) is 6.61 Å².